The fourth-order valence-electron chi connectivity index (χ4n) is 6.32. The van der Waals surface area contributed by atoms with Gasteiger partial charge >= 0.3 is 0 Å². The molecule has 1 saturated heterocycles. The summed E-state index contributed by atoms with van der Waals surface area (Å²) in [6, 6.07) is 7.94. The molecule has 208 valence electrons. The molecule has 0 radical (unpaired) electrons. The van der Waals surface area contributed by atoms with Crippen LogP contribution in [0.15, 0.2) is 62.5 Å². The highest BCUT2D eigenvalue weighted by Gasteiger charge is 2.41. The lowest BCUT2D eigenvalue weighted by Gasteiger charge is -2.38. The van der Waals surface area contributed by atoms with E-state index in [2.05, 4.69) is 33.9 Å². The monoisotopic (exact) mass is 604 g/mol. The number of amidine groups is 1. The van der Waals surface area contributed by atoms with E-state index >= 15 is 0 Å². The van der Waals surface area contributed by atoms with E-state index in [9.17, 15) is 9.90 Å². The van der Waals surface area contributed by atoms with Gasteiger partial charge in [-0.15, -0.1) is 0 Å². The van der Waals surface area contributed by atoms with Crippen molar-refractivity contribution in [1.29, 1.82) is 5.41 Å². The third kappa shape index (κ3) is 4.88. The molecule has 0 bridgehead atoms. The molecule has 1 amide bonds. The number of pyridine rings is 2. The zero-order valence-electron chi connectivity index (χ0n) is 22.6. The van der Waals surface area contributed by atoms with Gasteiger partial charge in [0.15, 0.2) is 11.4 Å². The van der Waals surface area contributed by atoms with Gasteiger partial charge in [0.2, 0.25) is 0 Å². The maximum absolute atomic E-state index is 12.2. The number of amides is 1. The minimum atomic E-state index is -0.967. The lowest BCUT2D eigenvalue weighted by atomic mass is 9.79. The number of hydrogen-bond donors (Lipinski definition) is 2. The largest absolute Gasteiger partial charge is 0.463 e. The van der Waals surface area contributed by atoms with E-state index in [1.165, 1.54) is 12.5 Å². The van der Waals surface area contributed by atoms with Crippen molar-refractivity contribution in [3.8, 4) is 11.3 Å². The van der Waals surface area contributed by atoms with Crippen LogP contribution < -0.4 is 0 Å². The van der Waals surface area contributed by atoms with Crippen LogP contribution in [0.5, 0.6) is 0 Å². The number of carbonyl (C=O) groups excluding carboxylic acids is 1. The number of hydrazone groups is 1. The highest BCUT2D eigenvalue weighted by atomic mass is 79.9. The molecule has 9 nitrogen and oxygen atoms in total. The molecule has 0 spiro atoms. The van der Waals surface area contributed by atoms with Crippen LogP contribution in [0.2, 0.25) is 0 Å². The zero-order chi connectivity index (χ0) is 28.0. The summed E-state index contributed by atoms with van der Waals surface area (Å²) in [6.45, 7) is 5.03. The Kier molecular flexibility index (Phi) is 7.31. The predicted molar refractivity (Wildman–Crippen MR) is 157 cm³/mol. The first-order chi connectivity index (χ1) is 19.3. The van der Waals surface area contributed by atoms with Crippen LogP contribution in [0.1, 0.15) is 51.0 Å². The number of piperidine rings is 1. The van der Waals surface area contributed by atoms with Crippen molar-refractivity contribution in [3.63, 3.8) is 0 Å². The maximum Gasteiger partial charge on any atom is 0.251 e. The molecule has 3 aliphatic rings. The first-order valence-corrected chi connectivity index (χ1v) is 14.7. The van der Waals surface area contributed by atoms with Gasteiger partial charge < -0.3 is 14.4 Å². The molecule has 1 fully saturated rings. The number of carbonyl (C=O) groups is 1. The van der Waals surface area contributed by atoms with Gasteiger partial charge in [0.05, 0.1) is 22.5 Å². The Morgan fingerprint density at radius 3 is 2.70 bits per heavy atom. The van der Waals surface area contributed by atoms with Crippen molar-refractivity contribution in [3.05, 3.63) is 58.5 Å². The van der Waals surface area contributed by atoms with Crippen molar-refractivity contribution in [1.82, 2.24) is 19.9 Å². The number of rotatable bonds is 4. The van der Waals surface area contributed by atoms with Crippen molar-refractivity contribution in [2.75, 3.05) is 13.1 Å². The number of aliphatic hydroxyl groups excluding tert-OH is 1. The SMILES string of the molecule is CC(O)C(=O)N1CCC(C2=C(Br)C(=N)N3N=CC(c4ccc(-c5cnc6ccoc6c5)nc4)C3C(C)CC2)CC1. The Morgan fingerprint density at radius 1 is 1.18 bits per heavy atom. The fraction of sp³-hybridized carbons (Fsp3) is 0.433. The standard InChI is InChI=1S/C30H33BrN6O3/c1-17-3-5-22(19-7-10-36(11-8-19)30(39)18(2)38)27(31)29(32)37-28(17)23(16-35-37)20-4-6-24(33-14-20)21-13-26-25(34-15-21)9-12-40-26/h4,6,9,12-19,23,28,32,38H,3,5,7-8,10-11H2,1-2H3. The third-order valence-electron chi connectivity index (χ3n) is 8.60. The van der Waals surface area contributed by atoms with Gasteiger partial charge in [-0.1, -0.05) is 13.0 Å². The van der Waals surface area contributed by atoms with Crippen LogP contribution >= 0.6 is 15.9 Å². The van der Waals surface area contributed by atoms with Crippen molar-refractivity contribution < 1.29 is 14.3 Å². The lowest BCUT2D eigenvalue weighted by molar-refractivity contribution is -0.140. The maximum atomic E-state index is 12.2. The van der Waals surface area contributed by atoms with Crippen LogP contribution in [0.4, 0.5) is 0 Å². The Balaban J connectivity index is 1.19. The molecule has 40 heavy (non-hydrogen) atoms. The Morgan fingerprint density at radius 2 is 1.98 bits per heavy atom. The second kappa shape index (κ2) is 10.9. The number of furan rings is 1. The minimum Gasteiger partial charge on any atom is -0.463 e. The number of fused-ring (bicyclic) bond motifs is 2. The highest BCUT2D eigenvalue weighted by Crippen LogP contribution is 2.42. The molecule has 4 atom stereocenters. The summed E-state index contributed by atoms with van der Waals surface area (Å²) in [5.74, 6) is 0.800. The van der Waals surface area contributed by atoms with E-state index in [4.69, 9.17) is 19.9 Å². The molecule has 3 aromatic heterocycles. The van der Waals surface area contributed by atoms with Gasteiger partial charge in [0.1, 0.15) is 11.6 Å². The molecule has 4 unspecified atom stereocenters. The molecule has 2 N–H and O–H groups in total. The number of hydrogen-bond acceptors (Lipinski definition) is 7. The number of nitrogens with one attached hydrogen (secondary N) is 1. The molecule has 6 heterocycles. The summed E-state index contributed by atoms with van der Waals surface area (Å²) in [7, 11) is 0. The first-order valence-electron chi connectivity index (χ1n) is 13.9. The third-order valence-corrected chi connectivity index (χ3v) is 9.48. The van der Waals surface area contributed by atoms with Gasteiger partial charge in [-0.25, -0.2) is 5.01 Å². The number of aromatic nitrogens is 2. The number of aliphatic hydroxyl groups is 1. The molecule has 6 rings (SSSR count). The Hall–Kier alpha value is -3.37. The molecular weight excluding hydrogens is 572 g/mol. The van der Waals surface area contributed by atoms with Crippen molar-refractivity contribution >= 4 is 45.0 Å². The van der Waals surface area contributed by atoms with E-state index in [0.717, 1.165) is 58.1 Å². The average Bonchev–Trinajstić information content (AvgIpc) is 3.63. The molecule has 10 heteroatoms. The van der Waals surface area contributed by atoms with E-state index in [1.54, 1.807) is 11.2 Å². The molecule has 0 aromatic carbocycles. The summed E-state index contributed by atoms with van der Waals surface area (Å²) in [5.41, 5.74) is 5.61. The van der Waals surface area contributed by atoms with Crippen LogP contribution in [0.3, 0.4) is 0 Å². The summed E-state index contributed by atoms with van der Waals surface area (Å²) in [6.07, 6.45) is 9.89. The molecule has 3 aromatic rings. The second-order valence-electron chi connectivity index (χ2n) is 11.1. The second-order valence-corrected chi connectivity index (χ2v) is 11.9. The van der Waals surface area contributed by atoms with Crippen molar-refractivity contribution in [2.24, 2.45) is 16.9 Å². The van der Waals surface area contributed by atoms with Crippen LogP contribution in [-0.2, 0) is 4.79 Å². The van der Waals surface area contributed by atoms with Crippen LogP contribution in [-0.4, -0.2) is 68.2 Å². The topological polar surface area (TPSA) is 119 Å². The smallest absolute Gasteiger partial charge is 0.251 e. The number of halogens is 1. The fourth-order valence-corrected chi connectivity index (χ4v) is 7.02. The molecule has 0 saturated carbocycles. The van der Waals surface area contributed by atoms with Crippen LogP contribution in [0.25, 0.3) is 22.4 Å². The average molecular weight is 606 g/mol. The molecule has 0 aliphatic carbocycles. The van der Waals surface area contributed by atoms with Gasteiger partial charge in [0.25, 0.3) is 5.91 Å². The zero-order valence-corrected chi connectivity index (χ0v) is 24.2. The Labute approximate surface area is 241 Å². The van der Waals surface area contributed by atoms with Gasteiger partial charge in [-0.05, 0) is 83.6 Å². The lowest BCUT2D eigenvalue weighted by Crippen LogP contribution is -2.44. The quantitative estimate of drug-likeness (QED) is 0.416. The van der Waals surface area contributed by atoms with E-state index in [-0.39, 0.29) is 17.9 Å². The Bertz CT molecular complexity index is 1490. The van der Waals surface area contributed by atoms with E-state index in [0.29, 0.717) is 30.8 Å². The minimum absolute atomic E-state index is 0.0270. The summed E-state index contributed by atoms with van der Waals surface area (Å²) in [5, 5.41) is 25.4. The van der Waals surface area contributed by atoms with Gasteiger partial charge in [-0.3, -0.25) is 20.2 Å². The van der Waals surface area contributed by atoms with Crippen molar-refractivity contribution in [2.45, 2.75) is 57.6 Å². The number of nitrogens with zero attached hydrogens (tertiary/aromatic N) is 5. The normalized spacial score (nSPS) is 24.8. The highest BCUT2D eigenvalue weighted by molar-refractivity contribution is 9.12. The molecular formula is C30H33BrN6O3. The van der Waals surface area contributed by atoms with E-state index in [1.807, 2.05) is 41.8 Å². The van der Waals surface area contributed by atoms with Gasteiger partial charge in [-0.2, -0.15) is 5.10 Å². The van der Waals surface area contributed by atoms with E-state index < -0.39 is 6.10 Å². The molecule has 3 aliphatic heterocycles. The summed E-state index contributed by atoms with van der Waals surface area (Å²) >= 11 is 3.78. The number of likely N-dealkylation sites (tertiary alicyclic amines) is 1. The number of allylic oxidation sites excluding steroid dienone is 1. The van der Waals surface area contributed by atoms with Crippen LogP contribution in [0, 0.1) is 17.2 Å². The van der Waals surface area contributed by atoms with Gasteiger partial charge in [0, 0.05) is 49.2 Å². The predicted octanol–water partition coefficient (Wildman–Crippen LogP) is 5.32. The first kappa shape index (κ1) is 26.8. The summed E-state index contributed by atoms with van der Waals surface area (Å²) < 4.78 is 6.32. The summed E-state index contributed by atoms with van der Waals surface area (Å²) in [4.78, 5) is 23.2.